The van der Waals surface area contributed by atoms with Crippen molar-refractivity contribution in [3.63, 3.8) is 0 Å². The maximum atomic E-state index is 13.8. The topological polar surface area (TPSA) is 59.2 Å². The standard InChI is InChI=1S/C21H19F4N3O2/c1-12-19-15(21(23,24)25)11-17(26-20(19)30-27-12)13-6-8-28(9-7-13)18(29)10-14-4-2-3-5-16(14)22/h2-5,11,13H,6-10H2,1H3. The molecular weight excluding hydrogens is 402 g/mol. The molecule has 0 saturated carbocycles. The summed E-state index contributed by atoms with van der Waals surface area (Å²) in [5.74, 6) is -0.873. The van der Waals surface area contributed by atoms with Crippen LogP contribution in [0.25, 0.3) is 11.1 Å². The van der Waals surface area contributed by atoms with Crippen LogP contribution in [0.4, 0.5) is 17.6 Å². The third kappa shape index (κ3) is 3.88. The number of hydrogen-bond acceptors (Lipinski definition) is 4. The Morgan fingerprint density at radius 2 is 1.93 bits per heavy atom. The van der Waals surface area contributed by atoms with Crippen LogP contribution in [0.5, 0.6) is 0 Å². The quantitative estimate of drug-likeness (QED) is 0.579. The average Bonchev–Trinajstić information content (AvgIpc) is 3.09. The molecule has 5 nitrogen and oxygen atoms in total. The summed E-state index contributed by atoms with van der Waals surface area (Å²) < 4.78 is 59.4. The van der Waals surface area contributed by atoms with Gasteiger partial charge in [0.1, 0.15) is 5.82 Å². The highest BCUT2D eigenvalue weighted by Gasteiger charge is 2.37. The van der Waals surface area contributed by atoms with E-state index < -0.39 is 17.6 Å². The van der Waals surface area contributed by atoms with Crippen LogP contribution in [-0.2, 0) is 17.4 Å². The lowest BCUT2D eigenvalue weighted by atomic mass is 9.91. The Morgan fingerprint density at radius 1 is 1.23 bits per heavy atom. The number of alkyl halides is 3. The molecule has 3 heterocycles. The maximum Gasteiger partial charge on any atom is 0.417 e. The predicted octanol–water partition coefficient (Wildman–Crippen LogP) is 4.64. The van der Waals surface area contributed by atoms with E-state index in [0.29, 0.717) is 31.5 Å². The molecule has 1 saturated heterocycles. The molecule has 1 aromatic carbocycles. The lowest BCUT2D eigenvalue weighted by molar-refractivity contribution is -0.136. The Kier molecular flexibility index (Phi) is 5.21. The van der Waals surface area contributed by atoms with Crippen molar-refractivity contribution >= 4 is 17.0 Å². The lowest BCUT2D eigenvalue weighted by Crippen LogP contribution is -2.39. The number of aryl methyl sites for hydroxylation is 1. The molecule has 2 aromatic heterocycles. The second kappa shape index (κ2) is 7.70. The third-order valence-electron chi connectivity index (χ3n) is 5.51. The van der Waals surface area contributed by atoms with E-state index in [0.717, 1.165) is 6.07 Å². The molecular formula is C21H19F4N3O2. The van der Waals surface area contributed by atoms with Crippen LogP contribution < -0.4 is 0 Å². The van der Waals surface area contributed by atoms with Gasteiger partial charge in [-0.1, -0.05) is 23.4 Å². The summed E-state index contributed by atoms with van der Waals surface area (Å²) in [6, 6.07) is 7.17. The molecule has 0 atom stereocenters. The van der Waals surface area contributed by atoms with Crippen LogP contribution >= 0.6 is 0 Å². The Balaban J connectivity index is 1.50. The number of carbonyl (C=O) groups is 1. The molecule has 0 unspecified atom stereocenters. The van der Waals surface area contributed by atoms with Crippen LogP contribution in [-0.4, -0.2) is 34.0 Å². The number of carbonyl (C=O) groups excluding carboxylic acids is 1. The number of halogens is 4. The highest BCUT2D eigenvalue weighted by atomic mass is 19.4. The number of amides is 1. The smallest absolute Gasteiger partial charge is 0.342 e. The van der Waals surface area contributed by atoms with Gasteiger partial charge >= 0.3 is 6.18 Å². The zero-order valence-corrected chi connectivity index (χ0v) is 16.2. The molecule has 4 rings (SSSR count). The van der Waals surface area contributed by atoms with Crippen LogP contribution in [0, 0.1) is 12.7 Å². The Morgan fingerprint density at radius 3 is 2.60 bits per heavy atom. The Bertz CT molecular complexity index is 1090. The molecule has 0 N–H and O–H groups in total. The largest absolute Gasteiger partial charge is 0.417 e. The molecule has 158 valence electrons. The minimum absolute atomic E-state index is 0.0445. The van der Waals surface area contributed by atoms with Gasteiger partial charge < -0.3 is 9.42 Å². The molecule has 0 aliphatic carbocycles. The number of rotatable bonds is 3. The van der Waals surface area contributed by atoms with Crippen LogP contribution in [0.1, 0.15) is 41.3 Å². The van der Waals surface area contributed by atoms with Gasteiger partial charge in [0, 0.05) is 24.7 Å². The van der Waals surface area contributed by atoms with E-state index in [2.05, 4.69) is 10.1 Å². The molecule has 1 amide bonds. The molecule has 0 bridgehead atoms. The highest BCUT2D eigenvalue weighted by Crippen LogP contribution is 2.38. The molecule has 1 fully saturated rings. The van der Waals surface area contributed by atoms with Gasteiger partial charge in [-0.3, -0.25) is 4.79 Å². The fraction of sp³-hybridized carbons (Fsp3) is 0.381. The number of nitrogens with zero attached hydrogens (tertiary/aromatic N) is 3. The van der Waals surface area contributed by atoms with Crippen molar-refractivity contribution in [1.29, 1.82) is 0 Å². The Labute approximate surface area is 169 Å². The first-order chi connectivity index (χ1) is 14.2. The number of hydrogen-bond donors (Lipinski definition) is 0. The summed E-state index contributed by atoms with van der Waals surface area (Å²) in [6.07, 6.45) is -3.67. The number of fused-ring (bicyclic) bond motifs is 1. The minimum Gasteiger partial charge on any atom is -0.342 e. The van der Waals surface area contributed by atoms with Gasteiger partial charge in [0.05, 0.1) is 23.1 Å². The van der Waals surface area contributed by atoms with Crippen LogP contribution in [0.2, 0.25) is 0 Å². The fourth-order valence-electron chi connectivity index (χ4n) is 3.89. The van der Waals surface area contributed by atoms with E-state index >= 15 is 0 Å². The molecule has 0 spiro atoms. The van der Waals surface area contributed by atoms with E-state index in [1.807, 2.05) is 0 Å². The number of aromatic nitrogens is 2. The van der Waals surface area contributed by atoms with Gasteiger partial charge in [-0.15, -0.1) is 0 Å². The van der Waals surface area contributed by atoms with E-state index in [1.165, 1.54) is 13.0 Å². The highest BCUT2D eigenvalue weighted by molar-refractivity contribution is 5.81. The molecule has 1 aliphatic rings. The number of pyridine rings is 1. The summed E-state index contributed by atoms with van der Waals surface area (Å²) >= 11 is 0. The zero-order valence-electron chi connectivity index (χ0n) is 16.2. The van der Waals surface area contributed by atoms with Crippen molar-refractivity contribution in [1.82, 2.24) is 15.0 Å². The Hall–Kier alpha value is -2.97. The van der Waals surface area contributed by atoms with Gasteiger partial charge in [0.25, 0.3) is 5.71 Å². The molecule has 30 heavy (non-hydrogen) atoms. The van der Waals surface area contributed by atoms with E-state index in [1.54, 1.807) is 23.1 Å². The normalized spacial score (nSPS) is 15.7. The molecule has 0 radical (unpaired) electrons. The van der Waals surface area contributed by atoms with E-state index in [9.17, 15) is 22.4 Å². The van der Waals surface area contributed by atoms with Gasteiger partial charge in [0.15, 0.2) is 0 Å². The maximum absolute atomic E-state index is 13.8. The molecule has 1 aliphatic heterocycles. The minimum atomic E-state index is -4.55. The summed E-state index contributed by atoms with van der Waals surface area (Å²) in [6.45, 7) is 2.19. The summed E-state index contributed by atoms with van der Waals surface area (Å²) in [4.78, 5) is 18.4. The number of benzene rings is 1. The van der Waals surface area contributed by atoms with Gasteiger partial charge in [-0.05, 0) is 37.5 Å². The summed E-state index contributed by atoms with van der Waals surface area (Å²) in [5, 5.41) is 3.50. The lowest BCUT2D eigenvalue weighted by Gasteiger charge is -2.32. The van der Waals surface area contributed by atoms with Crippen molar-refractivity contribution in [2.24, 2.45) is 0 Å². The van der Waals surface area contributed by atoms with Crippen LogP contribution in [0.3, 0.4) is 0 Å². The second-order valence-corrected chi connectivity index (χ2v) is 7.46. The van der Waals surface area contributed by atoms with Gasteiger partial charge in [-0.2, -0.15) is 13.2 Å². The SMILES string of the molecule is Cc1noc2nc(C3CCN(C(=O)Cc4ccccc4F)CC3)cc(C(F)(F)F)c12. The van der Waals surface area contributed by atoms with Gasteiger partial charge in [0.2, 0.25) is 5.91 Å². The monoisotopic (exact) mass is 421 g/mol. The van der Waals surface area contributed by atoms with E-state index in [4.69, 9.17) is 4.52 Å². The van der Waals surface area contributed by atoms with Crippen molar-refractivity contribution in [3.05, 3.63) is 58.7 Å². The van der Waals surface area contributed by atoms with Crippen molar-refractivity contribution < 1.29 is 26.9 Å². The first-order valence-electron chi connectivity index (χ1n) is 9.59. The first-order valence-corrected chi connectivity index (χ1v) is 9.59. The zero-order chi connectivity index (χ0) is 21.5. The van der Waals surface area contributed by atoms with Crippen molar-refractivity contribution in [2.45, 2.75) is 38.3 Å². The third-order valence-corrected chi connectivity index (χ3v) is 5.51. The fourth-order valence-corrected chi connectivity index (χ4v) is 3.89. The first kappa shape index (κ1) is 20.3. The van der Waals surface area contributed by atoms with E-state index in [-0.39, 0.29) is 40.7 Å². The number of likely N-dealkylation sites (tertiary alicyclic amines) is 1. The predicted molar refractivity (Wildman–Crippen MR) is 100 cm³/mol. The average molecular weight is 421 g/mol. The van der Waals surface area contributed by atoms with Crippen molar-refractivity contribution in [2.75, 3.05) is 13.1 Å². The van der Waals surface area contributed by atoms with Crippen LogP contribution in [0.15, 0.2) is 34.9 Å². The summed E-state index contributed by atoms with van der Waals surface area (Å²) in [5.41, 5.74) is -0.181. The molecule has 9 heteroatoms. The second-order valence-electron chi connectivity index (χ2n) is 7.46. The van der Waals surface area contributed by atoms with Gasteiger partial charge in [-0.25, -0.2) is 9.37 Å². The molecule has 3 aromatic rings. The summed E-state index contributed by atoms with van der Waals surface area (Å²) in [7, 11) is 0. The number of piperidine rings is 1. The van der Waals surface area contributed by atoms with Crippen molar-refractivity contribution in [3.8, 4) is 0 Å².